The lowest BCUT2D eigenvalue weighted by molar-refractivity contribution is 0.0694. The number of aliphatic hydroxyl groups is 1. The van der Waals surface area contributed by atoms with Gasteiger partial charge in [-0.3, -0.25) is 4.79 Å². The van der Waals surface area contributed by atoms with Crippen molar-refractivity contribution >= 4 is 28.5 Å². The van der Waals surface area contributed by atoms with Crippen molar-refractivity contribution in [3.05, 3.63) is 74.3 Å². The van der Waals surface area contributed by atoms with Gasteiger partial charge in [0, 0.05) is 30.6 Å². The highest BCUT2D eigenvalue weighted by Gasteiger charge is 2.19. The number of carboxylic acids is 1. The minimum Gasteiger partial charge on any atom is -0.494 e. The molecule has 8 heteroatoms. The Hall–Kier alpha value is -2.90. The van der Waals surface area contributed by atoms with Crippen LogP contribution in [0.1, 0.15) is 35.3 Å². The fourth-order valence-corrected chi connectivity index (χ4v) is 3.56. The number of fused-ring (bicyclic) bond motifs is 1. The minimum atomic E-state index is -1.36. The Labute approximate surface area is 177 Å². The first-order valence-corrected chi connectivity index (χ1v) is 9.77. The SMILES string of the molecule is CCOc1cc2c(cc1Cc1cccc(Cl)c1F)c(=O)c(C(=O)O)cn2C[C@H](C)O. The lowest BCUT2D eigenvalue weighted by Crippen LogP contribution is -2.22. The second-order valence-electron chi connectivity index (χ2n) is 6.98. The summed E-state index contributed by atoms with van der Waals surface area (Å²) >= 11 is 5.88. The number of halogens is 2. The third kappa shape index (κ3) is 4.32. The number of aliphatic hydroxyl groups excluding tert-OH is 1. The number of hydrogen-bond acceptors (Lipinski definition) is 4. The summed E-state index contributed by atoms with van der Waals surface area (Å²) in [4.78, 5) is 24.4. The first-order chi connectivity index (χ1) is 14.2. The van der Waals surface area contributed by atoms with Crippen molar-refractivity contribution in [3.8, 4) is 5.75 Å². The molecule has 1 aromatic heterocycles. The van der Waals surface area contributed by atoms with Gasteiger partial charge in [0.1, 0.15) is 17.1 Å². The maximum Gasteiger partial charge on any atom is 0.341 e. The maximum absolute atomic E-state index is 14.4. The van der Waals surface area contributed by atoms with Gasteiger partial charge in [-0.1, -0.05) is 23.7 Å². The Bertz CT molecular complexity index is 1170. The molecule has 0 aliphatic heterocycles. The van der Waals surface area contributed by atoms with Gasteiger partial charge in [0.15, 0.2) is 0 Å². The number of ether oxygens (including phenoxy) is 1. The molecule has 0 bridgehead atoms. The standard InChI is InChI=1S/C22H21ClFNO5/c1-3-30-19-9-18-15(8-14(19)7-13-5-4-6-17(23)20(13)24)21(27)16(22(28)29)11-25(18)10-12(2)26/h4-6,8-9,11-12,26H,3,7,10H2,1-2H3,(H,28,29)/t12-/m0/s1. The van der Waals surface area contributed by atoms with Crippen molar-refractivity contribution in [3.63, 3.8) is 0 Å². The molecule has 2 aromatic carbocycles. The van der Waals surface area contributed by atoms with Crippen molar-refractivity contribution < 1.29 is 24.1 Å². The molecule has 0 amide bonds. The van der Waals surface area contributed by atoms with E-state index < -0.39 is 28.9 Å². The van der Waals surface area contributed by atoms with Crippen LogP contribution in [0.3, 0.4) is 0 Å². The van der Waals surface area contributed by atoms with E-state index in [1.807, 2.05) is 0 Å². The molecule has 0 fully saturated rings. The number of carbonyl (C=O) groups is 1. The van der Waals surface area contributed by atoms with Crippen LogP contribution in [0.5, 0.6) is 5.75 Å². The average molecular weight is 434 g/mol. The van der Waals surface area contributed by atoms with E-state index in [4.69, 9.17) is 16.3 Å². The van der Waals surface area contributed by atoms with E-state index in [0.717, 1.165) is 0 Å². The lowest BCUT2D eigenvalue weighted by atomic mass is 10.00. The van der Waals surface area contributed by atoms with E-state index in [-0.39, 0.29) is 23.4 Å². The summed E-state index contributed by atoms with van der Waals surface area (Å²) in [5.41, 5.74) is 0.197. The van der Waals surface area contributed by atoms with E-state index in [1.165, 1.54) is 22.9 Å². The van der Waals surface area contributed by atoms with E-state index >= 15 is 0 Å². The number of rotatable bonds is 7. The van der Waals surface area contributed by atoms with Crippen molar-refractivity contribution in [1.29, 1.82) is 0 Å². The van der Waals surface area contributed by atoms with Gasteiger partial charge in [-0.15, -0.1) is 0 Å². The molecule has 0 aliphatic rings. The molecule has 0 saturated carbocycles. The van der Waals surface area contributed by atoms with Gasteiger partial charge in [-0.05, 0) is 37.1 Å². The molecular formula is C22H21ClFNO5. The molecule has 158 valence electrons. The van der Waals surface area contributed by atoms with Crippen LogP contribution in [-0.4, -0.2) is 33.5 Å². The molecule has 1 heterocycles. The van der Waals surface area contributed by atoms with Gasteiger partial charge >= 0.3 is 5.97 Å². The summed E-state index contributed by atoms with van der Waals surface area (Å²) in [6, 6.07) is 7.79. The summed E-state index contributed by atoms with van der Waals surface area (Å²) in [6.07, 6.45) is 0.546. The Kier molecular flexibility index (Phi) is 6.43. The number of aromatic nitrogens is 1. The van der Waals surface area contributed by atoms with Crippen LogP contribution in [0.2, 0.25) is 5.02 Å². The molecule has 0 aliphatic carbocycles. The smallest absolute Gasteiger partial charge is 0.341 e. The van der Waals surface area contributed by atoms with Crippen molar-refractivity contribution in [1.82, 2.24) is 4.57 Å². The summed E-state index contributed by atoms with van der Waals surface area (Å²) in [5.74, 6) is -1.49. The Morgan fingerprint density at radius 3 is 2.67 bits per heavy atom. The second-order valence-corrected chi connectivity index (χ2v) is 7.39. The molecule has 6 nitrogen and oxygen atoms in total. The number of benzene rings is 2. The van der Waals surface area contributed by atoms with Crippen molar-refractivity contribution in [2.75, 3.05) is 6.61 Å². The number of carboxylic acid groups (broad SMARTS) is 1. The van der Waals surface area contributed by atoms with Gasteiger partial charge in [-0.25, -0.2) is 9.18 Å². The monoisotopic (exact) mass is 433 g/mol. The van der Waals surface area contributed by atoms with Crippen LogP contribution < -0.4 is 10.2 Å². The van der Waals surface area contributed by atoms with Gasteiger partial charge in [-0.2, -0.15) is 0 Å². The summed E-state index contributed by atoms with van der Waals surface area (Å²) in [6.45, 7) is 3.78. The van der Waals surface area contributed by atoms with Gasteiger partial charge in [0.2, 0.25) is 5.43 Å². The Morgan fingerprint density at radius 2 is 2.03 bits per heavy atom. The zero-order valence-corrected chi connectivity index (χ0v) is 17.2. The third-order valence-electron chi connectivity index (χ3n) is 4.67. The quantitative estimate of drug-likeness (QED) is 0.590. The normalized spacial score (nSPS) is 12.2. The molecule has 0 radical (unpaired) electrons. The summed E-state index contributed by atoms with van der Waals surface area (Å²) in [5, 5.41) is 19.4. The minimum absolute atomic E-state index is 0.0151. The highest BCUT2D eigenvalue weighted by molar-refractivity contribution is 6.30. The van der Waals surface area contributed by atoms with E-state index in [2.05, 4.69) is 0 Å². The maximum atomic E-state index is 14.4. The fraction of sp³-hybridized carbons (Fsp3) is 0.273. The molecule has 3 aromatic rings. The number of aromatic carboxylic acids is 1. The summed E-state index contributed by atoms with van der Waals surface area (Å²) in [7, 11) is 0. The molecule has 0 saturated heterocycles. The van der Waals surface area contributed by atoms with Crippen LogP contribution >= 0.6 is 11.6 Å². The zero-order valence-electron chi connectivity index (χ0n) is 16.5. The third-order valence-corrected chi connectivity index (χ3v) is 4.96. The van der Waals surface area contributed by atoms with E-state index in [9.17, 15) is 24.2 Å². The van der Waals surface area contributed by atoms with Crippen LogP contribution in [-0.2, 0) is 13.0 Å². The Morgan fingerprint density at radius 1 is 1.30 bits per heavy atom. The van der Waals surface area contributed by atoms with Crippen LogP contribution in [0, 0.1) is 5.82 Å². The molecule has 0 spiro atoms. The number of pyridine rings is 1. The van der Waals surface area contributed by atoms with E-state index in [0.29, 0.717) is 29.0 Å². The number of nitrogens with zero attached hydrogens (tertiary/aromatic N) is 1. The average Bonchev–Trinajstić information content (AvgIpc) is 2.68. The van der Waals surface area contributed by atoms with Crippen molar-refractivity contribution in [2.45, 2.75) is 32.9 Å². The van der Waals surface area contributed by atoms with Gasteiger partial charge in [0.25, 0.3) is 0 Å². The first-order valence-electron chi connectivity index (χ1n) is 9.40. The highest BCUT2D eigenvalue weighted by atomic mass is 35.5. The lowest BCUT2D eigenvalue weighted by Gasteiger charge is -2.17. The summed E-state index contributed by atoms with van der Waals surface area (Å²) < 4.78 is 21.7. The van der Waals surface area contributed by atoms with Gasteiger partial charge in [0.05, 0.1) is 23.3 Å². The second kappa shape index (κ2) is 8.85. The number of hydrogen-bond donors (Lipinski definition) is 2. The van der Waals surface area contributed by atoms with Crippen LogP contribution in [0.25, 0.3) is 10.9 Å². The topological polar surface area (TPSA) is 88.8 Å². The van der Waals surface area contributed by atoms with Crippen LogP contribution in [0.15, 0.2) is 41.3 Å². The molecule has 2 N–H and O–H groups in total. The molecular weight excluding hydrogens is 413 g/mol. The fourth-order valence-electron chi connectivity index (χ4n) is 3.37. The largest absolute Gasteiger partial charge is 0.494 e. The molecule has 1 atom stereocenters. The molecule has 0 unspecified atom stereocenters. The highest BCUT2D eigenvalue weighted by Crippen LogP contribution is 2.29. The zero-order chi connectivity index (χ0) is 22.0. The van der Waals surface area contributed by atoms with E-state index in [1.54, 1.807) is 32.0 Å². The predicted molar refractivity (Wildman–Crippen MR) is 112 cm³/mol. The van der Waals surface area contributed by atoms with Crippen LogP contribution in [0.4, 0.5) is 4.39 Å². The molecule has 3 rings (SSSR count). The first kappa shape index (κ1) is 21.8. The van der Waals surface area contributed by atoms with Crippen molar-refractivity contribution in [2.24, 2.45) is 0 Å². The predicted octanol–water partition coefficient (Wildman–Crippen LogP) is 3.86. The molecule has 30 heavy (non-hydrogen) atoms. The Balaban J connectivity index is 2.28. The van der Waals surface area contributed by atoms with Gasteiger partial charge < -0.3 is 19.5 Å².